The van der Waals surface area contributed by atoms with E-state index in [1.54, 1.807) is 24.3 Å². The number of piperidine rings is 1. The number of methoxy groups -OCH3 is 3. The largest absolute Gasteiger partial charge is 0.493 e. The molecule has 1 aromatic heterocycles. The highest BCUT2D eigenvalue weighted by Gasteiger charge is 2.36. The molecule has 3 heterocycles. The molecule has 3 aromatic carbocycles. The third-order valence-corrected chi connectivity index (χ3v) is 8.70. The number of hydrogen-bond donors (Lipinski definition) is 2. The van der Waals surface area contributed by atoms with E-state index < -0.39 is 23.6 Å². The molecule has 1 fully saturated rings. The van der Waals surface area contributed by atoms with Crippen LogP contribution in [0, 0.1) is 5.92 Å². The van der Waals surface area contributed by atoms with Gasteiger partial charge in [0.05, 0.1) is 38.3 Å². The lowest BCUT2D eigenvalue weighted by Crippen LogP contribution is -2.47. The fourth-order valence-corrected chi connectivity index (χ4v) is 6.53. The molecule has 2 N–H and O–H groups in total. The minimum absolute atomic E-state index is 0.0281. The first kappa shape index (κ1) is 32.5. The van der Waals surface area contributed by atoms with Gasteiger partial charge in [0.2, 0.25) is 5.75 Å². The van der Waals surface area contributed by atoms with E-state index in [0.29, 0.717) is 36.8 Å². The number of carbonyl (C=O) groups is 2. The van der Waals surface area contributed by atoms with E-state index in [-0.39, 0.29) is 45.7 Å². The van der Waals surface area contributed by atoms with Gasteiger partial charge in [-0.05, 0) is 66.9 Å². The molecule has 4 aromatic rings. The predicted octanol–water partition coefficient (Wildman–Crippen LogP) is 6.02. The zero-order chi connectivity index (χ0) is 34.2. The predicted molar refractivity (Wildman–Crippen MR) is 174 cm³/mol. The molecule has 2 unspecified atom stereocenters. The number of fused-ring (bicyclic) bond motifs is 4. The first-order chi connectivity index (χ1) is 23.0. The topological polar surface area (TPSA) is 111 Å². The van der Waals surface area contributed by atoms with Crippen molar-refractivity contribution in [2.24, 2.45) is 5.92 Å². The summed E-state index contributed by atoms with van der Waals surface area (Å²) in [7, 11) is 4.32. The molecule has 2 aliphatic rings. The van der Waals surface area contributed by atoms with Crippen molar-refractivity contribution in [2.75, 3.05) is 50.0 Å². The monoisotopic (exact) mass is 662 g/mol. The number of nitrogens with zero attached hydrogens (tertiary/aromatic N) is 2. The van der Waals surface area contributed by atoms with Crippen molar-refractivity contribution in [3.05, 3.63) is 106 Å². The van der Waals surface area contributed by atoms with Gasteiger partial charge in [0.25, 0.3) is 17.4 Å². The summed E-state index contributed by atoms with van der Waals surface area (Å²) in [6, 6.07) is 17.4. The van der Waals surface area contributed by atoms with Gasteiger partial charge < -0.3 is 34.3 Å². The maximum atomic E-state index is 13.8. The van der Waals surface area contributed by atoms with Crippen LogP contribution in [-0.2, 0) is 12.7 Å². The summed E-state index contributed by atoms with van der Waals surface area (Å²) in [5, 5.41) is 5.46. The molecule has 2 bridgehead atoms. The summed E-state index contributed by atoms with van der Waals surface area (Å²) in [5.41, 5.74) is 1.26. The Bertz CT molecular complexity index is 1920. The summed E-state index contributed by atoms with van der Waals surface area (Å²) in [6.45, 7) is 1.72. The molecule has 0 saturated carbocycles. The van der Waals surface area contributed by atoms with Gasteiger partial charge in [0.15, 0.2) is 11.5 Å². The van der Waals surface area contributed by atoms with Gasteiger partial charge >= 0.3 is 6.18 Å². The molecule has 10 nitrogen and oxygen atoms in total. The van der Waals surface area contributed by atoms with Crippen LogP contribution in [0.3, 0.4) is 0 Å². The molecule has 2 amide bonds. The van der Waals surface area contributed by atoms with E-state index in [1.807, 2.05) is 10.6 Å². The van der Waals surface area contributed by atoms with Crippen LogP contribution in [0.15, 0.2) is 77.6 Å². The maximum absolute atomic E-state index is 13.8. The van der Waals surface area contributed by atoms with Crippen LogP contribution in [0.1, 0.15) is 44.3 Å². The number of rotatable bonds is 8. The molecule has 48 heavy (non-hydrogen) atoms. The average molecular weight is 663 g/mol. The van der Waals surface area contributed by atoms with Crippen LogP contribution >= 0.6 is 0 Å². The normalized spacial score (nSPS) is 16.8. The zero-order valence-electron chi connectivity index (χ0n) is 26.4. The van der Waals surface area contributed by atoms with Crippen molar-refractivity contribution in [1.82, 2.24) is 4.57 Å². The summed E-state index contributed by atoms with van der Waals surface area (Å²) in [5.74, 6) is -0.103. The van der Waals surface area contributed by atoms with Crippen LogP contribution in [0.25, 0.3) is 0 Å². The van der Waals surface area contributed by atoms with E-state index in [9.17, 15) is 27.6 Å². The van der Waals surface area contributed by atoms with E-state index in [4.69, 9.17) is 14.2 Å². The molecular weight excluding hydrogens is 629 g/mol. The lowest BCUT2D eigenvalue weighted by molar-refractivity contribution is -0.137. The van der Waals surface area contributed by atoms with Crippen molar-refractivity contribution in [3.8, 4) is 17.2 Å². The van der Waals surface area contributed by atoms with Gasteiger partial charge in [-0.15, -0.1) is 0 Å². The molecule has 2 atom stereocenters. The minimum atomic E-state index is -4.58. The number of ether oxygens (including phenoxy) is 3. The van der Waals surface area contributed by atoms with Crippen LogP contribution < -0.4 is 35.3 Å². The molecule has 0 radical (unpaired) electrons. The van der Waals surface area contributed by atoms with Gasteiger partial charge in [-0.25, -0.2) is 0 Å². The third-order valence-electron chi connectivity index (χ3n) is 8.70. The summed E-state index contributed by atoms with van der Waals surface area (Å²) >= 11 is 0. The Kier molecular flexibility index (Phi) is 8.78. The van der Waals surface area contributed by atoms with Gasteiger partial charge in [0.1, 0.15) is 0 Å². The first-order valence-corrected chi connectivity index (χ1v) is 15.2. The number of halogens is 3. The van der Waals surface area contributed by atoms with E-state index in [0.717, 1.165) is 24.2 Å². The second-order valence-corrected chi connectivity index (χ2v) is 11.7. The molecular formula is C35H33F3N4O6. The van der Waals surface area contributed by atoms with Crippen LogP contribution in [0.2, 0.25) is 0 Å². The number of anilines is 3. The molecule has 1 saturated heterocycles. The van der Waals surface area contributed by atoms with Crippen molar-refractivity contribution in [2.45, 2.75) is 25.1 Å². The number of nitrogens with one attached hydrogen (secondary N) is 2. The lowest BCUT2D eigenvalue weighted by atomic mass is 9.83. The van der Waals surface area contributed by atoms with E-state index >= 15 is 0 Å². The zero-order valence-corrected chi connectivity index (χ0v) is 26.4. The smallest absolute Gasteiger partial charge is 0.416 e. The summed E-state index contributed by atoms with van der Waals surface area (Å²) < 4.78 is 57.9. The third kappa shape index (κ3) is 6.40. The summed E-state index contributed by atoms with van der Waals surface area (Å²) in [4.78, 5) is 41.8. The number of amides is 2. The Morgan fingerprint density at radius 1 is 0.792 bits per heavy atom. The lowest BCUT2D eigenvalue weighted by Gasteiger charge is -2.44. The SMILES string of the molecule is COc1cc(C(=O)Nc2cc(C(=O)Nc3cccc(C(F)(F)F)c3)ccc2N2CC3CC(C2)c2cccc(=O)n2C3)cc(OC)c1OC. The molecule has 6 rings (SSSR count). The fourth-order valence-electron chi connectivity index (χ4n) is 6.53. The van der Waals surface area contributed by atoms with Crippen molar-refractivity contribution < 1.29 is 37.0 Å². The van der Waals surface area contributed by atoms with Gasteiger partial charge in [-0.2, -0.15) is 13.2 Å². The Labute approximate surface area is 274 Å². The summed E-state index contributed by atoms with van der Waals surface area (Å²) in [6.07, 6.45) is -3.67. The number of aromatic nitrogens is 1. The van der Waals surface area contributed by atoms with Crippen molar-refractivity contribution in [1.29, 1.82) is 0 Å². The Morgan fingerprint density at radius 3 is 2.19 bits per heavy atom. The van der Waals surface area contributed by atoms with Gasteiger partial charge in [-0.3, -0.25) is 14.4 Å². The number of pyridine rings is 1. The van der Waals surface area contributed by atoms with Crippen molar-refractivity contribution >= 4 is 28.9 Å². The quantitative estimate of drug-likeness (QED) is 0.237. The van der Waals surface area contributed by atoms with Crippen molar-refractivity contribution in [3.63, 3.8) is 0 Å². The van der Waals surface area contributed by atoms with Gasteiger partial charge in [-0.1, -0.05) is 12.1 Å². The standard InChI is InChI=1S/C35H33F3N4O6/c1-46-29-14-22(15-30(47-2)32(29)48-3)34(45)40-26-13-21(33(44)39-25-7-4-6-24(16-25)35(36,37)38)10-11-28(26)41-17-20-12-23(19-41)27-8-5-9-31(43)42(27)18-20/h4-11,13-16,20,23H,12,17-19H2,1-3H3,(H,39,44)(H,40,45). The minimum Gasteiger partial charge on any atom is -0.493 e. The van der Waals surface area contributed by atoms with Gasteiger partial charge in [0, 0.05) is 54.1 Å². The second kappa shape index (κ2) is 13.0. The maximum Gasteiger partial charge on any atom is 0.416 e. The fraction of sp³-hybridized carbons (Fsp3) is 0.286. The number of carbonyl (C=O) groups excluding carboxylic acids is 2. The highest BCUT2D eigenvalue weighted by atomic mass is 19.4. The molecule has 250 valence electrons. The highest BCUT2D eigenvalue weighted by molar-refractivity contribution is 6.09. The Morgan fingerprint density at radius 2 is 1.50 bits per heavy atom. The van der Waals surface area contributed by atoms with E-state index in [2.05, 4.69) is 15.5 Å². The molecule has 2 aliphatic heterocycles. The molecule has 13 heteroatoms. The number of benzene rings is 3. The first-order valence-electron chi connectivity index (χ1n) is 15.2. The Balaban J connectivity index is 1.35. The van der Waals surface area contributed by atoms with E-state index in [1.165, 1.54) is 51.7 Å². The molecule has 0 aliphatic carbocycles. The Hall–Kier alpha value is -5.46. The highest BCUT2D eigenvalue weighted by Crippen LogP contribution is 2.41. The van der Waals surface area contributed by atoms with Crippen LogP contribution in [0.5, 0.6) is 17.2 Å². The number of alkyl halides is 3. The van der Waals surface area contributed by atoms with Crippen LogP contribution in [0.4, 0.5) is 30.2 Å². The molecule has 0 spiro atoms. The second-order valence-electron chi connectivity index (χ2n) is 11.7. The number of hydrogen-bond acceptors (Lipinski definition) is 7. The average Bonchev–Trinajstić information content (AvgIpc) is 3.07. The van der Waals surface area contributed by atoms with Crippen LogP contribution in [-0.4, -0.2) is 50.8 Å².